The Bertz CT molecular complexity index is 384. The lowest BCUT2D eigenvalue weighted by atomic mass is 9.72. The Morgan fingerprint density at radius 1 is 1.41 bits per heavy atom. The Hall–Kier alpha value is -1.00. The minimum Gasteiger partial charge on any atom is -0.396 e. The highest BCUT2D eigenvalue weighted by atomic mass is 19.2. The van der Waals surface area contributed by atoms with E-state index in [0.717, 1.165) is 6.07 Å². The summed E-state index contributed by atoms with van der Waals surface area (Å²) >= 11 is 0. The van der Waals surface area contributed by atoms with Crippen LogP contribution in [0.25, 0.3) is 0 Å². The maximum absolute atomic E-state index is 13.8. The first kappa shape index (κ1) is 14.1. The van der Waals surface area contributed by atoms with E-state index >= 15 is 0 Å². The SMILES string of the molecule is CCC(N)C(C)(CCO)c1cccc(F)c1F. The lowest BCUT2D eigenvalue weighted by Gasteiger charge is -2.35. The van der Waals surface area contributed by atoms with Gasteiger partial charge in [-0.25, -0.2) is 8.78 Å². The van der Waals surface area contributed by atoms with Gasteiger partial charge in [-0.1, -0.05) is 26.0 Å². The van der Waals surface area contributed by atoms with Gasteiger partial charge in [0, 0.05) is 18.1 Å². The van der Waals surface area contributed by atoms with Crippen molar-refractivity contribution in [2.45, 2.75) is 38.1 Å². The van der Waals surface area contributed by atoms with Crippen molar-refractivity contribution in [1.82, 2.24) is 0 Å². The van der Waals surface area contributed by atoms with Crippen LogP contribution in [0.3, 0.4) is 0 Å². The summed E-state index contributed by atoms with van der Waals surface area (Å²) in [5.41, 5.74) is 5.47. The Kier molecular flexibility index (Phi) is 4.60. The van der Waals surface area contributed by atoms with Crippen LogP contribution in [0, 0.1) is 11.6 Å². The number of nitrogens with two attached hydrogens (primary N) is 1. The Morgan fingerprint density at radius 3 is 2.59 bits per heavy atom. The van der Waals surface area contributed by atoms with Crippen molar-refractivity contribution in [2.24, 2.45) is 5.73 Å². The predicted molar refractivity (Wildman–Crippen MR) is 63.7 cm³/mol. The van der Waals surface area contributed by atoms with Crippen LogP contribution in [-0.2, 0) is 5.41 Å². The minimum atomic E-state index is -0.880. The monoisotopic (exact) mass is 243 g/mol. The molecule has 0 saturated carbocycles. The van der Waals surface area contributed by atoms with Crippen LogP contribution >= 0.6 is 0 Å². The molecule has 0 heterocycles. The summed E-state index contributed by atoms with van der Waals surface area (Å²) in [7, 11) is 0. The maximum atomic E-state index is 13.8. The topological polar surface area (TPSA) is 46.2 Å². The second kappa shape index (κ2) is 5.56. The number of hydrogen-bond acceptors (Lipinski definition) is 2. The van der Waals surface area contributed by atoms with E-state index in [2.05, 4.69) is 0 Å². The fraction of sp³-hybridized carbons (Fsp3) is 0.538. The molecule has 0 fully saturated rings. The third kappa shape index (κ3) is 2.64. The third-order valence-corrected chi connectivity index (χ3v) is 3.46. The molecule has 0 aliphatic rings. The van der Waals surface area contributed by atoms with Crippen molar-refractivity contribution in [3.63, 3.8) is 0 Å². The molecule has 2 nitrogen and oxygen atoms in total. The molecule has 0 amide bonds. The highest BCUT2D eigenvalue weighted by Gasteiger charge is 2.35. The first-order chi connectivity index (χ1) is 7.97. The molecule has 0 aliphatic heterocycles. The molecule has 0 saturated heterocycles. The summed E-state index contributed by atoms with van der Waals surface area (Å²) in [6.45, 7) is 3.53. The van der Waals surface area contributed by atoms with Gasteiger partial charge in [0.1, 0.15) is 0 Å². The standard InChI is InChI=1S/C13H19F2NO/c1-3-11(16)13(2,7-8-17)9-5-4-6-10(14)12(9)15/h4-6,11,17H,3,7-8,16H2,1-2H3. The van der Waals surface area contributed by atoms with Gasteiger partial charge in [0.25, 0.3) is 0 Å². The van der Waals surface area contributed by atoms with Crippen LogP contribution in [0.15, 0.2) is 18.2 Å². The molecule has 0 bridgehead atoms. The van der Waals surface area contributed by atoms with Crippen LogP contribution in [0.4, 0.5) is 8.78 Å². The minimum absolute atomic E-state index is 0.111. The molecular weight excluding hydrogens is 224 g/mol. The molecule has 1 aromatic rings. The molecular formula is C13H19F2NO. The number of hydrogen-bond donors (Lipinski definition) is 2. The van der Waals surface area contributed by atoms with Crippen molar-refractivity contribution in [3.05, 3.63) is 35.4 Å². The zero-order chi connectivity index (χ0) is 13.1. The molecule has 17 heavy (non-hydrogen) atoms. The molecule has 2 atom stereocenters. The summed E-state index contributed by atoms with van der Waals surface area (Å²) in [5, 5.41) is 9.10. The number of benzene rings is 1. The van der Waals surface area contributed by atoms with Crippen molar-refractivity contribution in [2.75, 3.05) is 6.61 Å². The van der Waals surface area contributed by atoms with Crippen molar-refractivity contribution >= 4 is 0 Å². The van der Waals surface area contributed by atoms with Crippen LogP contribution in [0.2, 0.25) is 0 Å². The summed E-state index contributed by atoms with van der Waals surface area (Å²) in [4.78, 5) is 0. The van der Waals surface area contributed by atoms with E-state index < -0.39 is 17.0 Å². The molecule has 0 radical (unpaired) electrons. The smallest absolute Gasteiger partial charge is 0.162 e. The molecule has 0 spiro atoms. The molecule has 4 heteroatoms. The van der Waals surface area contributed by atoms with Gasteiger partial charge in [-0.15, -0.1) is 0 Å². The summed E-state index contributed by atoms with van der Waals surface area (Å²) in [6, 6.07) is 3.75. The van der Waals surface area contributed by atoms with Gasteiger partial charge >= 0.3 is 0 Å². The Morgan fingerprint density at radius 2 is 2.06 bits per heavy atom. The molecule has 2 unspecified atom stereocenters. The zero-order valence-corrected chi connectivity index (χ0v) is 10.2. The first-order valence-corrected chi connectivity index (χ1v) is 5.78. The van der Waals surface area contributed by atoms with E-state index in [4.69, 9.17) is 10.8 Å². The van der Waals surface area contributed by atoms with Gasteiger partial charge in [-0.05, 0) is 24.5 Å². The van der Waals surface area contributed by atoms with Gasteiger partial charge in [0.05, 0.1) is 0 Å². The van der Waals surface area contributed by atoms with E-state index in [-0.39, 0.29) is 18.2 Å². The summed E-state index contributed by atoms with van der Waals surface area (Å²) < 4.78 is 27.0. The number of halogens is 2. The fourth-order valence-electron chi connectivity index (χ4n) is 2.15. The zero-order valence-electron chi connectivity index (χ0n) is 10.2. The van der Waals surface area contributed by atoms with Crippen LogP contribution in [0.1, 0.15) is 32.3 Å². The van der Waals surface area contributed by atoms with Gasteiger partial charge < -0.3 is 10.8 Å². The van der Waals surface area contributed by atoms with Crippen LogP contribution in [0.5, 0.6) is 0 Å². The summed E-state index contributed by atoms with van der Waals surface area (Å²) in [6.07, 6.45) is 0.939. The van der Waals surface area contributed by atoms with Gasteiger partial charge in [-0.3, -0.25) is 0 Å². The van der Waals surface area contributed by atoms with E-state index in [1.165, 1.54) is 12.1 Å². The summed E-state index contributed by atoms with van der Waals surface area (Å²) in [5.74, 6) is -1.75. The lowest BCUT2D eigenvalue weighted by Crippen LogP contribution is -2.44. The van der Waals surface area contributed by atoms with E-state index in [9.17, 15) is 8.78 Å². The highest BCUT2D eigenvalue weighted by Crippen LogP contribution is 2.34. The number of aliphatic hydroxyl groups excluding tert-OH is 1. The largest absolute Gasteiger partial charge is 0.396 e. The van der Waals surface area contributed by atoms with Crippen LogP contribution < -0.4 is 5.73 Å². The average Bonchev–Trinajstić information content (AvgIpc) is 2.31. The fourth-order valence-corrected chi connectivity index (χ4v) is 2.15. The maximum Gasteiger partial charge on any atom is 0.162 e. The quantitative estimate of drug-likeness (QED) is 0.833. The number of rotatable bonds is 5. The van der Waals surface area contributed by atoms with E-state index in [1.54, 1.807) is 6.92 Å². The number of aliphatic hydroxyl groups is 1. The Balaban J connectivity index is 3.27. The third-order valence-electron chi connectivity index (χ3n) is 3.46. The molecule has 96 valence electrons. The molecule has 0 aromatic heterocycles. The molecule has 0 aliphatic carbocycles. The van der Waals surface area contributed by atoms with Crippen molar-refractivity contribution < 1.29 is 13.9 Å². The molecule has 1 aromatic carbocycles. The van der Waals surface area contributed by atoms with E-state index in [0.29, 0.717) is 12.8 Å². The van der Waals surface area contributed by atoms with Gasteiger partial charge in [-0.2, -0.15) is 0 Å². The van der Waals surface area contributed by atoms with Gasteiger partial charge in [0.15, 0.2) is 11.6 Å². The van der Waals surface area contributed by atoms with Gasteiger partial charge in [0.2, 0.25) is 0 Å². The first-order valence-electron chi connectivity index (χ1n) is 5.78. The average molecular weight is 243 g/mol. The molecule has 3 N–H and O–H groups in total. The second-order valence-corrected chi connectivity index (χ2v) is 4.51. The van der Waals surface area contributed by atoms with Crippen molar-refractivity contribution in [1.29, 1.82) is 0 Å². The Labute approximate surface area is 100 Å². The van der Waals surface area contributed by atoms with Crippen LogP contribution in [-0.4, -0.2) is 17.8 Å². The van der Waals surface area contributed by atoms with Crippen molar-refractivity contribution in [3.8, 4) is 0 Å². The second-order valence-electron chi connectivity index (χ2n) is 4.51. The predicted octanol–water partition coefficient (Wildman–Crippen LogP) is 2.34. The molecule has 1 rings (SSSR count). The highest BCUT2D eigenvalue weighted by molar-refractivity contribution is 5.29. The lowest BCUT2D eigenvalue weighted by molar-refractivity contribution is 0.218. The normalized spacial score (nSPS) is 16.6. The van der Waals surface area contributed by atoms with E-state index in [1.807, 2.05) is 6.92 Å².